The number of thiophene rings is 1. The number of hydrogen-bond donors (Lipinski definition) is 2. The maximum Gasteiger partial charge on any atom is 0.310 e. The number of hydrogen-bond acceptors (Lipinski definition) is 5. The van der Waals surface area contributed by atoms with Crippen LogP contribution in [0.3, 0.4) is 0 Å². The molecule has 1 amide bonds. The molecule has 0 unspecified atom stereocenters. The third-order valence-electron chi connectivity index (χ3n) is 2.93. The first kappa shape index (κ1) is 15.2. The summed E-state index contributed by atoms with van der Waals surface area (Å²) in [5.41, 5.74) is -0.481. The summed E-state index contributed by atoms with van der Waals surface area (Å²) in [6, 6.07) is 3.78. The Morgan fingerprint density at radius 2 is 2.24 bits per heavy atom. The third kappa shape index (κ3) is 3.91. The van der Waals surface area contributed by atoms with Gasteiger partial charge in [0.05, 0.1) is 22.4 Å². The first-order valence-electron chi connectivity index (χ1n) is 6.37. The quantitative estimate of drug-likeness (QED) is 0.853. The second-order valence-corrected chi connectivity index (χ2v) is 6.21. The van der Waals surface area contributed by atoms with Gasteiger partial charge in [0.15, 0.2) is 0 Å². The number of rotatable bonds is 6. The number of carbonyl (C=O) groups is 2. The van der Waals surface area contributed by atoms with E-state index < -0.39 is 11.4 Å². The van der Waals surface area contributed by atoms with Crippen molar-refractivity contribution in [1.29, 1.82) is 0 Å². The van der Waals surface area contributed by atoms with E-state index in [1.54, 1.807) is 13.8 Å². The highest BCUT2D eigenvalue weighted by Crippen LogP contribution is 2.23. The van der Waals surface area contributed by atoms with E-state index in [4.69, 9.17) is 9.52 Å². The summed E-state index contributed by atoms with van der Waals surface area (Å²) in [7, 11) is 0. The van der Waals surface area contributed by atoms with Crippen molar-refractivity contribution in [2.75, 3.05) is 6.54 Å². The van der Waals surface area contributed by atoms with Crippen molar-refractivity contribution < 1.29 is 19.1 Å². The molecule has 0 saturated carbocycles. The van der Waals surface area contributed by atoms with Crippen molar-refractivity contribution in [3.8, 4) is 10.8 Å². The fourth-order valence-corrected chi connectivity index (χ4v) is 2.18. The Morgan fingerprint density at radius 1 is 1.48 bits per heavy atom. The summed E-state index contributed by atoms with van der Waals surface area (Å²) in [6.45, 7) is 3.18. The Kier molecular flexibility index (Phi) is 4.42. The lowest BCUT2D eigenvalue weighted by Crippen LogP contribution is -2.39. The summed E-state index contributed by atoms with van der Waals surface area (Å²) in [5.74, 6) is -0.752. The zero-order valence-electron chi connectivity index (χ0n) is 11.8. The Labute approximate surface area is 125 Å². The Bertz CT molecular complexity index is 631. The first-order valence-corrected chi connectivity index (χ1v) is 7.25. The van der Waals surface area contributed by atoms with E-state index in [2.05, 4.69) is 10.3 Å². The van der Waals surface area contributed by atoms with Crippen LogP contribution in [-0.2, 0) is 16.0 Å². The monoisotopic (exact) mass is 308 g/mol. The average molecular weight is 308 g/mol. The van der Waals surface area contributed by atoms with Crippen molar-refractivity contribution in [2.24, 2.45) is 5.41 Å². The summed E-state index contributed by atoms with van der Waals surface area (Å²) >= 11 is 1.50. The standard InChI is InChI=1S/C14H16N2O4S/c1-14(2,13(18)19)8-15-11(17)6-9-7-20-12(16-9)10-4-3-5-21-10/h3-5,7H,6,8H2,1-2H3,(H,15,17)(H,18,19). The van der Waals surface area contributed by atoms with E-state index >= 15 is 0 Å². The van der Waals surface area contributed by atoms with Gasteiger partial charge in [-0.3, -0.25) is 9.59 Å². The van der Waals surface area contributed by atoms with Gasteiger partial charge in [-0.15, -0.1) is 11.3 Å². The van der Waals surface area contributed by atoms with Crippen LogP contribution in [-0.4, -0.2) is 28.5 Å². The topological polar surface area (TPSA) is 92.4 Å². The van der Waals surface area contributed by atoms with Gasteiger partial charge in [-0.05, 0) is 25.3 Å². The molecule has 0 spiro atoms. The Hall–Kier alpha value is -2.15. The summed E-state index contributed by atoms with van der Waals surface area (Å²) < 4.78 is 5.32. The molecule has 0 saturated heterocycles. The third-order valence-corrected chi connectivity index (χ3v) is 3.79. The van der Waals surface area contributed by atoms with Gasteiger partial charge in [0.25, 0.3) is 0 Å². The fraction of sp³-hybridized carbons (Fsp3) is 0.357. The van der Waals surface area contributed by atoms with E-state index in [1.807, 2.05) is 17.5 Å². The van der Waals surface area contributed by atoms with E-state index in [-0.39, 0.29) is 18.9 Å². The minimum Gasteiger partial charge on any atom is -0.481 e. The lowest BCUT2D eigenvalue weighted by Gasteiger charge is -2.19. The van der Waals surface area contributed by atoms with Crippen LogP contribution in [0, 0.1) is 5.41 Å². The second-order valence-electron chi connectivity index (χ2n) is 5.26. The molecule has 2 aromatic heterocycles. The zero-order chi connectivity index (χ0) is 15.5. The molecule has 2 heterocycles. The number of carboxylic acids is 1. The van der Waals surface area contributed by atoms with Gasteiger partial charge in [0.2, 0.25) is 11.8 Å². The van der Waals surface area contributed by atoms with Crippen molar-refractivity contribution in [3.05, 3.63) is 29.5 Å². The normalized spacial score (nSPS) is 11.3. The molecule has 2 N–H and O–H groups in total. The number of aliphatic carboxylic acids is 1. The zero-order valence-corrected chi connectivity index (χ0v) is 12.6. The largest absolute Gasteiger partial charge is 0.481 e. The molecule has 0 aliphatic rings. The average Bonchev–Trinajstić information content (AvgIpc) is 3.06. The molecule has 0 radical (unpaired) electrons. The molecule has 2 rings (SSSR count). The number of oxazole rings is 1. The van der Waals surface area contributed by atoms with Crippen molar-refractivity contribution in [2.45, 2.75) is 20.3 Å². The van der Waals surface area contributed by atoms with Crippen molar-refractivity contribution in [1.82, 2.24) is 10.3 Å². The molecule has 0 aliphatic heterocycles. The van der Waals surface area contributed by atoms with Crippen LogP contribution in [0.5, 0.6) is 0 Å². The number of amides is 1. The summed E-state index contributed by atoms with van der Waals surface area (Å²) in [5, 5.41) is 13.5. The molecular weight excluding hydrogens is 292 g/mol. The predicted molar refractivity (Wildman–Crippen MR) is 77.9 cm³/mol. The van der Waals surface area contributed by atoms with Crippen LogP contribution in [0.2, 0.25) is 0 Å². The maximum absolute atomic E-state index is 11.8. The molecule has 0 aliphatic carbocycles. The van der Waals surface area contributed by atoms with Crippen LogP contribution in [0.25, 0.3) is 10.8 Å². The number of carboxylic acid groups (broad SMARTS) is 1. The summed E-state index contributed by atoms with van der Waals surface area (Å²) in [4.78, 5) is 27.9. The predicted octanol–water partition coefficient (Wildman–Crippen LogP) is 2.17. The van der Waals surface area contributed by atoms with E-state index in [1.165, 1.54) is 17.6 Å². The molecule has 7 heteroatoms. The molecule has 6 nitrogen and oxygen atoms in total. The molecule has 21 heavy (non-hydrogen) atoms. The Morgan fingerprint density at radius 3 is 2.86 bits per heavy atom. The summed E-state index contributed by atoms with van der Waals surface area (Å²) in [6.07, 6.45) is 1.50. The first-order chi connectivity index (χ1) is 9.88. The molecular formula is C14H16N2O4S. The van der Waals surface area contributed by atoms with Crippen LogP contribution >= 0.6 is 11.3 Å². The number of carbonyl (C=O) groups excluding carboxylic acids is 1. The SMILES string of the molecule is CC(C)(CNC(=O)Cc1coc(-c2cccs2)n1)C(=O)O. The lowest BCUT2D eigenvalue weighted by molar-refractivity contribution is -0.146. The van der Waals surface area contributed by atoms with Crippen LogP contribution < -0.4 is 5.32 Å². The molecule has 0 bridgehead atoms. The molecule has 2 aromatic rings. The second kappa shape index (κ2) is 6.09. The van der Waals surface area contributed by atoms with Gasteiger partial charge < -0.3 is 14.8 Å². The van der Waals surface area contributed by atoms with Gasteiger partial charge in [-0.1, -0.05) is 6.07 Å². The number of nitrogens with zero attached hydrogens (tertiary/aromatic N) is 1. The Balaban J connectivity index is 1.90. The van der Waals surface area contributed by atoms with E-state index in [0.717, 1.165) is 4.88 Å². The lowest BCUT2D eigenvalue weighted by atomic mass is 9.94. The van der Waals surface area contributed by atoms with Crippen molar-refractivity contribution >= 4 is 23.2 Å². The minimum absolute atomic E-state index is 0.0601. The minimum atomic E-state index is -0.998. The van der Waals surface area contributed by atoms with Crippen LogP contribution in [0.15, 0.2) is 28.2 Å². The van der Waals surface area contributed by atoms with Gasteiger partial charge in [0.1, 0.15) is 6.26 Å². The molecule has 112 valence electrons. The van der Waals surface area contributed by atoms with Gasteiger partial charge in [-0.2, -0.15) is 0 Å². The highest BCUT2D eigenvalue weighted by molar-refractivity contribution is 7.13. The van der Waals surface area contributed by atoms with Gasteiger partial charge in [0, 0.05) is 6.54 Å². The highest BCUT2D eigenvalue weighted by atomic mass is 32.1. The fourth-order valence-electron chi connectivity index (χ4n) is 1.52. The van der Waals surface area contributed by atoms with Gasteiger partial charge in [-0.25, -0.2) is 4.98 Å². The van der Waals surface area contributed by atoms with Crippen LogP contribution in [0.1, 0.15) is 19.5 Å². The number of aromatic nitrogens is 1. The molecule has 0 atom stereocenters. The van der Waals surface area contributed by atoms with E-state index in [9.17, 15) is 9.59 Å². The van der Waals surface area contributed by atoms with E-state index in [0.29, 0.717) is 11.6 Å². The van der Waals surface area contributed by atoms with Crippen molar-refractivity contribution in [3.63, 3.8) is 0 Å². The van der Waals surface area contributed by atoms with Gasteiger partial charge >= 0.3 is 5.97 Å². The maximum atomic E-state index is 11.8. The van der Waals surface area contributed by atoms with Crippen LogP contribution in [0.4, 0.5) is 0 Å². The molecule has 0 aromatic carbocycles. The molecule has 0 fully saturated rings. The highest BCUT2D eigenvalue weighted by Gasteiger charge is 2.27. The number of nitrogens with one attached hydrogen (secondary N) is 1. The smallest absolute Gasteiger partial charge is 0.310 e.